The summed E-state index contributed by atoms with van der Waals surface area (Å²) in [6, 6.07) is -1.63. The third kappa shape index (κ3) is 9.98. The number of unbranched alkanes of at least 4 members (excludes halogenated alkanes) is 1. The minimum absolute atomic E-state index is 0.245. The van der Waals surface area contributed by atoms with E-state index < -0.39 is 29.7 Å². The van der Waals surface area contributed by atoms with Crippen LogP contribution < -0.4 is 16.4 Å². The van der Waals surface area contributed by atoms with Crippen molar-refractivity contribution in [2.45, 2.75) is 51.7 Å². The molecule has 0 aromatic heterocycles. The number of hydrogen-bond acceptors (Lipinski definition) is 4. The van der Waals surface area contributed by atoms with E-state index in [1.165, 1.54) is 0 Å². The molecule has 0 unspecified atom stereocenters. The van der Waals surface area contributed by atoms with Gasteiger partial charge in [-0.25, -0.2) is 14.4 Å². The Hall–Kier alpha value is -1.99. The first-order valence-corrected chi connectivity index (χ1v) is 6.37. The van der Waals surface area contributed by atoms with Gasteiger partial charge in [0.15, 0.2) is 0 Å². The van der Waals surface area contributed by atoms with E-state index in [0.717, 1.165) is 0 Å². The number of nitrogens with two attached hydrogens (primary N) is 1. The molecule has 1 atom stereocenters. The number of amides is 3. The van der Waals surface area contributed by atoms with Crippen molar-refractivity contribution in [1.82, 2.24) is 10.6 Å². The Morgan fingerprint density at radius 2 is 1.85 bits per heavy atom. The van der Waals surface area contributed by atoms with Gasteiger partial charge in [-0.2, -0.15) is 0 Å². The second kappa shape index (κ2) is 8.23. The van der Waals surface area contributed by atoms with Crippen molar-refractivity contribution >= 4 is 18.1 Å². The van der Waals surface area contributed by atoms with Crippen molar-refractivity contribution in [3.05, 3.63) is 0 Å². The highest BCUT2D eigenvalue weighted by atomic mass is 16.6. The first-order valence-electron chi connectivity index (χ1n) is 6.37. The number of rotatable bonds is 7. The lowest BCUT2D eigenvalue weighted by Gasteiger charge is -2.22. The molecule has 0 fully saturated rings. The van der Waals surface area contributed by atoms with Crippen LogP contribution in [0.15, 0.2) is 0 Å². The van der Waals surface area contributed by atoms with E-state index in [1.54, 1.807) is 20.8 Å². The summed E-state index contributed by atoms with van der Waals surface area (Å²) in [6.07, 6.45) is 0.574. The van der Waals surface area contributed by atoms with Crippen LogP contribution in [0.5, 0.6) is 0 Å². The first kappa shape index (κ1) is 18.0. The average molecular weight is 289 g/mol. The lowest BCUT2D eigenvalue weighted by Crippen LogP contribution is -2.43. The third-order valence-electron chi connectivity index (χ3n) is 2.21. The molecular weight excluding hydrogens is 266 g/mol. The van der Waals surface area contributed by atoms with Crippen LogP contribution >= 0.6 is 0 Å². The van der Waals surface area contributed by atoms with E-state index in [9.17, 15) is 14.4 Å². The predicted molar refractivity (Wildman–Crippen MR) is 72.2 cm³/mol. The van der Waals surface area contributed by atoms with Crippen molar-refractivity contribution in [3.8, 4) is 0 Å². The molecule has 0 radical (unpaired) electrons. The van der Waals surface area contributed by atoms with Crippen LogP contribution in [0.4, 0.5) is 9.59 Å². The molecule has 0 aliphatic heterocycles. The summed E-state index contributed by atoms with van der Waals surface area (Å²) in [5, 5.41) is 13.7. The molecule has 0 aromatic rings. The van der Waals surface area contributed by atoms with Crippen LogP contribution in [0.3, 0.4) is 0 Å². The number of hydrogen-bond donors (Lipinski definition) is 4. The lowest BCUT2D eigenvalue weighted by atomic mass is 10.1. The van der Waals surface area contributed by atoms with Gasteiger partial charge in [0.1, 0.15) is 11.6 Å². The Morgan fingerprint density at radius 1 is 1.25 bits per heavy atom. The van der Waals surface area contributed by atoms with Gasteiger partial charge in [0.25, 0.3) is 0 Å². The van der Waals surface area contributed by atoms with Crippen LogP contribution in [-0.4, -0.2) is 41.4 Å². The second-order valence-corrected chi connectivity index (χ2v) is 5.32. The third-order valence-corrected chi connectivity index (χ3v) is 2.21. The number of ether oxygens (including phenoxy) is 1. The van der Waals surface area contributed by atoms with Gasteiger partial charge in [0, 0.05) is 6.54 Å². The highest BCUT2D eigenvalue weighted by Crippen LogP contribution is 2.08. The SMILES string of the molecule is CC(C)(C)OC(=O)N[C@H](CCCCNC(N)=O)C(=O)O. The number of carboxylic acid groups (broad SMARTS) is 1. The summed E-state index contributed by atoms with van der Waals surface area (Å²) < 4.78 is 4.99. The van der Waals surface area contributed by atoms with Gasteiger partial charge >= 0.3 is 18.1 Å². The summed E-state index contributed by atoms with van der Waals surface area (Å²) in [6.45, 7) is 5.45. The number of aliphatic carboxylic acids is 1. The summed E-state index contributed by atoms with van der Waals surface area (Å²) in [5.41, 5.74) is 4.21. The van der Waals surface area contributed by atoms with E-state index in [4.69, 9.17) is 15.6 Å². The van der Waals surface area contributed by atoms with Crippen LogP contribution in [0, 0.1) is 0 Å². The van der Waals surface area contributed by atoms with Gasteiger partial charge in [-0.05, 0) is 40.0 Å². The van der Waals surface area contributed by atoms with Gasteiger partial charge in [0.05, 0.1) is 0 Å². The average Bonchev–Trinajstić information content (AvgIpc) is 2.23. The second-order valence-electron chi connectivity index (χ2n) is 5.32. The van der Waals surface area contributed by atoms with Crippen molar-refractivity contribution in [2.75, 3.05) is 6.54 Å². The predicted octanol–water partition coefficient (Wildman–Crippen LogP) is 0.803. The molecule has 0 aromatic carbocycles. The fourth-order valence-corrected chi connectivity index (χ4v) is 1.39. The Kier molecular flexibility index (Phi) is 7.42. The molecule has 8 nitrogen and oxygen atoms in total. The fraction of sp³-hybridized carbons (Fsp3) is 0.750. The zero-order valence-corrected chi connectivity index (χ0v) is 12.1. The van der Waals surface area contributed by atoms with Crippen LogP contribution in [-0.2, 0) is 9.53 Å². The zero-order chi connectivity index (χ0) is 15.8. The van der Waals surface area contributed by atoms with Crippen LogP contribution in [0.1, 0.15) is 40.0 Å². The molecule has 0 rings (SSSR count). The summed E-state index contributed by atoms with van der Waals surface area (Å²) >= 11 is 0. The smallest absolute Gasteiger partial charge is 0.408 e. The van der Waals surface area contributed by atoms with Crippen LogP contribution in [0.25, 0.3) is 0 Å². The largest absolute Gasteiger partial charge is 0.480 e. The number of nitrogens with one attached hydrogen (secondary N) is 2. The number of alkyl carbamates (subject to hydrolysis) is 1. The number of carbonyl (C=O) groups is 3. The molecule has 0 bridgehead atoms. The maximum absolute atomic E-state index is 11.5. The molecule has 3 amide bonds. The normalized spacial score (nSPS) is 12.3. The van der Waals surface area contributed by atoms with Gasteiger partial charge in [-0.1, -0.05) is 0 Å². The van der Waals surface area contributed by atoms with Crippen molar-refractivity contribution in [2.24, 2.45) is 5.73 Å². The van der Waals surface area contributed by atoms with E-state index in [2.05, 4.69) is 10.6 Å². The Balaban J connectivity index is 4.08. The highest BCUT2D eigenvalue weighted by molar-refractivity contribution is 5.79. The maximum Gasteiger partial charge on any atom is 0.408 e. The monoisotopic (exact) mass is 289 g/mol. The molecule has 0 heterocycles. The summed E-state index contributed by atoms with van der Waals surface area (Å²) in [4.78, 5) is 32.9. The van der Waals surface area contributed by atoms with E-state index in [0.29, 0.717) is 19.4 Å². The first-order chi connectivity index (χ1) is 9.11. The molecule has 0 aliphatic carbocycles. The highest BCUT2D eigenvalue weighted by Gasteiger charge is 2.23. The molecule has 0 aliphatic rings. The molecule has 0 spiro atoms. The molecule has 8 heteroatoms. The van der Waals surface area contributed by atoms with Gasteiger partial charge in [-0.3, -0.25) is 0 Å². The minimum Gasteiger partial charge on any atom is -0.480 e. The molecule has 0 saturated heterocycles. The number of carbonyl (C=O) groups excluding carboxylic acids is 2. The van der Waals surface area contributed by atoms with E-state index in [-0.39, 0.29) is 6.42 Å². The molecular formula is C12H23N3O5. The standard InChI is InChI=1S/C12H23N3O5/c1-12(2,3)20-11(19)15-8(9(16)17)6-4-5-7-14-10(13)18/h8H,4-7H2,1-3H3,(H,15,19)(H,16,17)(H3,13,14,18)/t8-/m1/s1. The summed E-state index contributed by atoms with van der Waals surface area (Å²) in [5.74, 6) is -1.13. The zero-order valence-electron chi connectivity index (χ0n) is 12.1. The van der Waals surface area contributed by atoms with Crippen LogP contribution in [0.2, 0.25) is 0 Å². The minimum atomic E-state index is -1.13. The van der Waals surface area contributed by atoms with Gasteiger partial charge in [-0.15, -0.1) is 0 Å². The van der Waals surface area contributed by atoms with E-state index in [1.807, 2.05) is 0 Å². The maximum atomic E-state index is 11.5. The van der Waals surface area contributed by atoms with Crippen molar-refractivity contribution < 1.29 is 24.2 Å². The topological polar surface area (TPSA) is 131 Å². The molecule has 116 valence electrons. The number of primary amides is 1. The van der Waals surface area contributed by atoms with Crippen molar-refractivity contribution in [3.63, 3.8) is 0 Å². The quantitative estimate of drug-likeness (QED) is 0.515. The number of urea groups is 1. The lowest BCUT2D eigenvalue weighted by molar-refractivity contribution is -0.139. The Labute approximate surface area is 118 Å². The summed E-state index contributed by atoms with van der Waals surface area (Å²) in [7, 11) is 0. The van der Waals surface area contributed by atoms with Gasteiger partial charge < -0.3 is 26.2 Å². The molecule has 0 saturated carbocycles. The fourth-order valence-electron chi connectivity index (χ4n) is 1.39. The molecule has 20 heavy (non-hydrogen) atoms. The van der Waals surface area contributed by atoms with E-state index >= 15 is 0 Å². The Morgan fingerprint density at radius 3 is 2.30 bits per heavy atom. The van der Waals surface area contributed by atoms with Crippen molar-refractivity contribution in [1.29, 1.82) is 0 Å². The molecule has 5 N–H and O–H groups in total. The van der Waals surface area contributed by atoms with Gasteiger partial charge in [0.2, 0.25) is 0 Å². The Bertz CT molecular complexity index is 351. The number of carboxylic acids is 1.